The molecule has 0 unspecified atom stereocenters. The molecule has 0 aliphatic rings. The number of para-hydroxylation sites is 2. The van der Waals surface area contributed by atoms with E-state index in [4.69, 9.17) is 10.5 Å². The third-order valence-corrected chi connectivity index (χ3v) is 3.40. The van der Waals surface area contributed by atoms with Crippen molar-refractivity contribution < 1.29 is 22.7 Å². The van der Waals surface area contributed by atoms with Crippen LogP contribution in [0.1, 0.15) is 0 Å². The summed E-state index contributed by atoms with van der Waals surface area (Å²) in [6.07, 6.45) is 0. The van der Waals surface area contributed by atoms with Crippen molar-refractivity contribution in [2.45, 2.75) is 0 Å². The Labute approximate surface area is 111 Å². The van der Waals surface area contributed by atoms with Gasteiger partial charge in [0.1, 0.15) is 12.4 Å². The third-order valence-electron chi connectivity index (χ3n) is 2.14. The Balaban J connectivity index is 2.35. The average Bonchev–Trinajstić information content (AvgIpc) is 2.36. The second-order valence-electron chi connectivity index (χ2n) is 3.62. The zero-order valence-electron chi connectivity index (χ0n) is 10.5. The summed E-state index contributed by atoms with van der Waals surface area (Å²) >= 11 is 0. The van der Waals surface area contributed by atoms with Gasteiger partial charge in [-0.3, -0.25) is 4.79 Å². The van der Waals surface area contributed by atoms with Gasteiger partial charge in [-0.15, -0.1) is 0 Å². The smallest absolute Gasteiger partial charge is 0.322 e. The molecule has 106 valence electrons. The Morgan fingerprint density at radius 1 is 1.37 bits per heavy atom. The predicted molar refractivity (Wildman–Crippen MR) is 70.2 cm³/mol. The molecule has 0 saturated heterocycles. The average molecular weight is 288 g/mol. The number of hydrogen-bond acceptors (Lipinski definition) is 6. The maximum absolute atomic E-state index is 11.4. The molecule has 1 aromatic carbocycles. The molecular formula is C11H16N2O5S. The first kappa shape index (κ1) is 15.3. The summed E-state index contributed by atoms with van der Waals surface area (Å²) in [6.45, 7) is 0.141. The van der Waals surface area contributed by atoms with Gasteiger partial charge in [-0.25, -0.2) is 13.1 Å². The third kappa shape index (κ3) is 5.58. The van der Waals surface area contributed by atoms with E-state index >= 15 is 0 Å². The van der Waals surface area contributed by atoms with Gasteiger partial charge in [0.05, 0.1) is 12.8 Å². The Hall–Kier alpha value is -1.80. The van der Waals surface area contributed by atoms with E-state index in [1.807, 2.05) is 0 Å². The van der Waals surface area contributed by atoms with Crippen molar-refractivity contribution >= 4 is 21.7 Å². The predicted octanol–water partition coefficient (Wildman–Crippen LogP) is -0.260. The molecule has 0 aliphatic carbocycles. The van der Waals surface area contributed by atoms with Gasteiger partial charge in [-0.05, 0) is 12.1 Å². The second kappa shape index (κ2) is 6.95. The first-order valence-electron chi connectivity index (χ1n) is 5.46. The summed E-state index contributed by atoms with van der Waals surface area (Å²) in [4.78, 5) is 10.8. The fourth-order valence-electron chi connectivity index (χ4n) is 1.24. The first-order chi connectivity index (χ1) is 8.94. The number of sulfonamides is 1. The van der Waals surface area contributed by atoms with E-state index in [1.165, 1.54) is 0 Å². The van der Waals surface area contributed by atoms with E-state index in [0.717, 1.165) is 7.11 Å². The number of methoxy groups -OCH3 is 1. The quantitative estimate of drug-likeness (QED) is 0.406. The monoisotopic (exact) mass is 288 g/mol. The molecule has 7 nitrogen and oxygen atoms in total. The van der Waals surface area contributed by atoms with E-state index in [2.05, 4.69) is 9.46 Å². The summed E-state index contributed by atoms with van der Waals surface area (Å²) in [5.74, 6) is -1.05. The molecule has 3 N–H and O–H groups in total. The minimum atomic E-state index is -3.69. The molecule has 19 heavy (non-hydrogen) atoms. The van der Waals surface area contributed by atoms with Crippen LogP contribution in [0.5, 0.6) is 5.75 Å². The highest BCUT2D eigenvalue weighted by Gasteiger charge is 2.15. The summed E-state index contributed by atoms with van der Waals surface area (Å²) in [6, 6.07) is 6.88. The molecule has 0 atom stereocenters. The Bertz CT molecular complexity index is 530. The second-order valence-corrected chi connectivity index (χ2v) is 5.42. The van der Waals surface area contributed by atoms with Crippen LogP contribution in [0, 0.1) is 0 Å². The fourth-order valence-corrected chi connectivity index (χ4v) is 2.16. The molecule has 0 radical (unpaired) electrons. The van der Waals surface area contributed by atoms with Crippen molar-refractivity contribution in [2.75, 3.05) is 31.7 Å². The molecule has 0 fully saturated rings. The van der Waals surface area contributed by atoms with Gasteiger partial charge in [0.2, 0.25) is 10.0 Å². The van der Waals surface area contributed by atoms with Crippen LogP contribution < -0.4 is 15.2 Å². The maximum atomic E-state index is 11.4. The molecule has 0 heterocycles. The van der Waals surface area contributed by atoms with Crippen LogP contribution in [-0.4, -0.2) is 40.4 Å². The normalized spacial score (nSPS) is 11.0. The van der Waals surface area contributed by atoms with Crippen molar-refractivity contribution in [2.24, 2.45) is 0 Å². The highest BCUT2D eigenvalue weighted by Crippen LogP contribution is 2.19. The number of carbonyl (C=O) groups is 1. The number of ether oxygens (including phenoxy) is 2. The van der Waals surface area contributed by atoms with Crippen LogP contribution in [0.15, 0.2) is 24.3 Å². The number of nitrogens with one attached hydrogen (secondary N) is 1. The number of nitrogens with two attached hydrogens (primary N) is 1. The van der Waals surface area contributed by atoms with E-state index < -0.39 is 21.7 Å². The van der Waals surface area contributed by atoms with Gasteiger partial charge >= 0.3 is 5.97 Å². The number of rotatable bonds is 7. The number of nitrogen functional groups attached to an aromatic ring is 1. The van der Waals surface area contributed by atoms with Gasteiger partial charge in [0.15, 0.2) is 5.75 Å². The van der Waals surface area contributed by atoms with Gasteiger partial charge in [0, 0.05) is 6.54 Å². The Morgan fingerprint density at radius 2 is 2.05 bits per heavy atom. The minimum absolute atomic E-state index is 0.0354. The molecule has 1 rings (SSSR count). The van der Waals surface area contributed by atoms with E-state index in [1.54, 1.807) is 24.3 Å². The van der Waals surface area contributed by atoms with Crippen LogP contribution >= 0.6 is 0 Å². The highest BCUT2D eigenvalue weighted by molar-refractivity contribution is 7.90. The van der Waals surface area contributed by atoms with Crippen LogP contribution in [0.3, 0.4) is 0 Å². The van der Waals surface area contributed by atoms with Crippen molar-refractivity contribution in [3.8, 4) is 5.75 Å². The highest BCUT2D eigenvalue weighted by atomic mass is 32.2. The lowest BCUT2D eigenvalue weighted by atomic mass is 10.3. The first-order valence-corrected chi connectivity index (χ1v) is 7.11. The summed E-state index contributed by atoms with van der Waals surface area (Å²) in [7, 11) is -2.57. The van der Waals surface area contributed by atoms with Crippen molar-refractivity contribution in [1.29, 1.82) is 0 Å². The zero-order valence-corrected chi connectivity index (χ0v) is 11.3. The fraction of sp³-hybridized carbons (Fsp3) is 0.364. The van der Waals surface area contributed by atoms with E-state index in [9.17, 15) is 13.2 Å². The van der Waals surface area contributed by atoms with Crippen molar-refractivity contribution in [1.82, 2.24) is 4.72 Å². The van der Waals surface area contributed by atoms with Crippen LogP contribution in [-0.2, 0) is 19.6 Å². The molecular weight excluding hydrogens is 272 g/mol. The molecule has 1 aromatic rings. The van der Waals surface area contributed by atoms with Gasteiger partial charge in [-0.2, -0.15) is 0 Å². The summed E-state index contributed by atoms with van der Waals surface area (Å²) in [5, 5.41) is 0. The molecule has 0 saturated carbocycles. The van der Waals surface area contributed by atoms with Crippen LogP contribution in [0.2, 0.25) is 0 Å². The topological polar surface area (TPSA) is 108 Å². The van der Waals surface area contributed by atoms with Gasteiger partial charge in [-0.1, -0.05) is 12.1 Å². The lowest BCUT2D eigenvalue weighted by Crippen LogP contribution is -2.33. The Morgan fingerprint density at radius 3 is 2.68 bits per heavy atom. The van der Waals surface area contributed by atoms with Crippen LogP contribution in [0.25, 0.3) is 0 Å². The Kier molecular flexibility index (Phi) is 5.58. The molecule has 0 aliphatic heterocycles. The zero-order chi connectivity index (χ0) is 14.3. The van der Waals surface area contributed by atoms with E-state index in [-0.39, 0.29) is 13.2 Å². The number of benzene rings is 1. The number of esters is 1. The number of anilines is 1. The van der Waals surface area contributed by atoms with Crippen molar-refractivity contribution in [3.63, 3.8) is 0 Å². The largest absolute Gasteiger partial charge is 0.490 e. The molecule has 0 bridgehead atoms. The van der Waals surface area contributed by atoms with Gasteiger partial charge < -0.3 is 15.2 Å². The molecule has 0 amide bonds. The number of hydrogen-bond donors (Lipinski definition) is 2. The SMILES string of the molecule is COC(=O)CS(=O)(=O)NCCOc1ccccc1N. The minimum Gasteiger partial charge on any atom is -0.490 e. The van der Waals surface area contributed by atoms with E-state index in [0.29, 0.717) is 11.4 Å². The standard InChI is InChI=1S/C11H16N2O5S/c1-17-11(14)8-19(15,16)13-6-7-18-10-5-3-2-4-9(10)12/h2-5,13H,6-8,12H2,1H3. The van der Waals surface area contributed by atoms with Crippen LogP contribution in [0.4, 0.5) is 5.69 Å². The number of carbonyl (C=O) groups excluding carboxylic acids is 1. The lowest BCUT2D eigenvalue weighted by molar-refractivity contribution is -0.137. The van der Waals surface area contributed by atoms with Gasteiger partial charge in [0.25, 0.3) is 0 Å². The molecule has 8 heteroatoms. The molecule has 0 spiro atoms. The summed E-state index contributed by atoms with van der Waals surface area (Å²) < 4.78 is 34.6. The lowest BCUT2D eigenvalue weighted by Gasteiger charge is -2.09. The maximum Gasteiger partial charge on any atom is 0.322 e. The molecule has 0 aromatic heterocycles. The van der Waals surface area contributed by atoms with Crippen molar-refractivity contribution in [3.05, 3.63) is 24.3 Å². The summed E-state index contributed by atoms with van der Waals surface area (Å²) in [5.41, 5.74) is 6.12.